The number of hydrogen-bond acceptors (Lipinski definition) is 4. The maximum atomic E-state index is 11.7. The van der Waals surface area contributed by atoms with Crippen molar-refractivity contribution in [3.05, 3.63) is 33.7 Å². The van der Waals surface area contributed by atoms with Crippen LogP contribution >= 0.6 is 11.3 Å². The average Bonchev–Trinajstić information content (AvgIpc) is 2.80. The summed E-state index contributed by atoms with van der Waals surface area (Å²) in [6, 6.07) is 3.00. The van der Waals surface area contributed by atoms with E-state index >= 15 is 0 Å². The number of urea groups is 1. The monoisotopic (exact) mass is 252 g/mol. The van der Waals surface area contributed by atoms with E-state index in [9.17, 15) is 9.59 Å². The number of ether oxygens (including phenoxy) is 1. The van der Waals surface area contributed by atoms with Gasteiger partial charge in [-0.1, -0.05) is 6.07 Å². The lowest BCUT2D eigenvalue weighted by Gasteiger charge is -2.26. The Kier molecular flexibility index (Phi) is 3.14. The minimum atomic E-state index is -0.437. The second kappa shape index (κ2) is 4.58. The van der Waals surface area contributed by atoms with Crippen LogP contribution in [0.4, 0.5) is 4.79 Å². The Labute approximate surface area is 102 Å². The molecular weight excluding hydrogens is 240 g/mol. The Balaban J connectivity index is 2.44. The van der Waals surface area contributed by atoms with Crippen molar-refractivity contribution >= 4 is 23.3 Å². The van der Waals surface area contributed by atoms with E-state index < -0.39 is 12.0 Å². The summed E-state index contributed by atoms with van der Waals surface area (Å²) in [5.74, 6) is -0.437. The highest BCUT2D eigenvalue weighted by Gasteiger charge is 2.32. The summed E-state index contributed by atoms with van der Waals surface area (Å²) >= 11 is 1.48. The van der Waals surface area contributed by atoms with Crippen molar-refractivity contribution in [3.63, 3.8) is 0 Å². The van der Waals surface area contributed by atoms with Crippen LogP contribution in [-0.4, -0.2) is 19.1 Å². The third-order valence-electron chi connectivity index (χ3n) is 2.50. The van der Waals surface area contributed by atoms with Gasteiger partial charge in [0.2, 0.25) is 0 Å². The molecule has 6 heteroatoms. The van der Waals surface area contributed by atoms with Crippen LogP contribution in [0, 0.1) is 0 Å². The molecule has 0 aromatic carbocycles. The number of amides is 2. The fraction of sp³-hybridized carbons (Fsp3) is 0.273. The smallest absolute Gasteiger partial charge is 0.338 e. The lowest BCUT2D eigenvalue weighted by Crippen LogP contribution is -2.45. The van der Waals surface area contributed by atoms with Crippen molar-refractivity contribution in [2.45, 2.75) is 13.0 Å². The number of hydrogen-bond donors (Lipinski definition) is 2. The number of rotatable bonds is 2. The van der Waals surface area contributed by atoms with Crippen molar-refractivity contribution in [2.24, 2.45) is 0 Å². The average molecular weight is 252 g/mol. The Bertz CT molecular complexity index is 479. The van der Waals surface area contributed by atoms with Crippen LogP contribution < -0.4 is 10.6 Å². The fourth-order valence-electron chi connectivity index (χ4n) is 1.74. The van der Waals surface area contributed by atoms with Gasteiger partial charge in [0.05, 0.1) is 18.7 Å². The lowest BCUT2D eigenvalue weighted by atomic mass is 10.0. The molecule has 0 radical (unpaired) electrons. The van der Waals surface area contributed by atoms with E-state index in [1.807, 2.05) is 17.5 Å². The zero-order valence-electron chi connectivity index (χ0n) is 9.44. The van der Waals surface area contributed by atoms with Gasteiger partial charge >= 0.3 is 12.0 Å². The molecule has 2 amide bonds. The Hall–Kier alpha value is -1.82. The predicted octanol–water partition coefficient (Wildman–Crippen LogP) is 1.55. The molecule has 0 aliphatic carbocycles. The molecule has 90 valence electrons. The lowest BCUT2D eigenvalue weighted by molar-refractivity contribution is -0.136. The maximum absolute atomic E-state index is 11.7. The quantitative estimate of drug-likeness (QED) is 0.785. The van der Waals surface area contributed by atoms with E-state index in [1.54, 1.807) is 6.92 Å². The maximum Gasteiger partial charge on any atom is 0.338 e. The summed E-state index contributed by atoms with van der Waals surface area (Å²) in [5.41, 5.74) is 0.966. The van der Waals surface area contributed by atoms with Crippen LogP contribution in [0.1, 0.15) is 17.8 Å². The fourth-order valence-corrected chi connectivity index (χ4v) is 2.53. The zero-order chi connectivity index (χ0) is 12.4. The zero-order valence-corrected chi connectivity index (χ0v) is 10.3. The number of methoxy groups -OCH3 is 1. The van der Waals surface area contributed by atoms with Crippen LogP contribution in [0.2, 0.25) is 0 Å². The molecule has 0 spiro atoms. The molecule has 17 heavy (non-hydrogen) atoms. The molecule has 5 nitrogen and oxygen atoms in total. The number of carbonyl (C=O) groups is 2. The molecule has 1 unspecified atom stereocenters. The molecule has 0 saturated carbocycles. The van der Waals surface area contributed by atoms with Crippen LogP contribution in [0.3, 0.4) is 0 Å². The topological polar surface area (TPSA) is 67.4 Å². The second-order valence-corrected chi connectivity index (χ2v) is 4.56. The van der Waals surface area contributed by atoms with E-state index in [2.05, 4.69) is 10.6 Å². The van der Waals surface area contributed by atoms with Gasteiger partial charge in [-0.2, -0.15) is 0 Å². The third-order valence-corrected chi connectivity index (χ3v) is 3.44. The Morgan fingerprint density at radius 2 is 2.29 bits per heavy atom. The van der Waals surface area contributed by atoms with E-state index in [0.717, 1.165) is 4.88 Å². The van der Waals surface area contributed by atoms with Crippen LogP contribution in [0.5, 0.6) is 0 Å². The van der Waals surface area contributed by atoms with Gasteiger partial charge in [-0.25, -0.2) is 9.59 Å². The number of allylic oxidation sites excluding steroid dienone is 1. The standard InChI is InChI=1S/C11H12N2O3S/c1-6-8(10(14)16-2)9(13-11(15)12-6)7-4-3-5-17-7/h3-5,9H,1-2H3,(H2,12,13,15). The molecule has 1 aliphatic rings. The van der Waals surface area contributed by atoms with E-state index in [0.29, 0.717) is 11.3 Å². The van der Waals surface area contributed by atoms with Crippen molar-refractivity contribution in [2.75, 3.05) is 7.11 Å². The number of carbonyl (C=O) groups excluding carboxylic acids is 2. The van der Waals surface area contributed by atoms with E-state index in [4.69, 9.17) is 4.74 Å². The Morgan fingerprint density at radius 3 is 2.88 bits per heavy atom. The molecule has 1 aliphatic heterocycles. The second-order valence-electron chi connectivity index (χ2n) is 3.58. The highest BCUT2D eigenvalue weighted by Crippen LogP contribution is 2.30. The highest BCUT2D eigenvalue weighted by atomic mass is 32.1. The molecule has 1 atom stereocenters. The minimum Gasteiger partial charge on any atom is -0.466 e. The van der Waals surface area contributed by atoms with Gasteiger partial charge in [0.1, 0.15) is 0 Å². The van der Waals surface area contributed by atoms with Gasteiger partial charge in [0.25, 0.3) is 0 Å². The first kappa shape index (κ1) is 11.7. The third kappa shape index (κ3) is 2.16. The largest absolute Gasteiger partial charge is 0.466 e. The molecule has 0 bridgehead atoms. The van der Waals surface area contributed by atoms with E-state index in [-0.39, 0.29) is 6.03 Å². The molecule has 2 rings (SSSR count). The van der Waals surface area contributed by atoms with Crippen molar-refractivity contribution < 1.29 is 14.3 Å². The molecule has 1 aromatic rings. The van der Waals surface area contributed by atoms with Gasteiger partial charge in [-0.3, -0.25) is 0 Å². The summed E-state index contributed by atoms with van der Waals surface area (Å²) in [6.07, 6.45) is 0. The summed E-state index contributed by atoms with van der Waals surface area (Å²) in [4.78, 5) is 24.1. The molecule has 0 fully saturated rings. The first-order chi connectivity index (χ1) is 8.13. The summed E-state index contributed by atoms with van der Waals surface area (Å²) < 4.78 is 4.74. The van der Waals surface area contributed by atoms with Crippen LogP contribution in [-0.2, 0) is 9.53 Å². The number of esters is 1. The number of nitrogens with one attached hydrogen (secondary N) is 2. The SMILES string of the molecule is COC(=O)C1=C(C)NC(=O)NC1c1cccs1. The van der Waals surface area contributed by atoms with Crippen molar-refractivity contribution in [1.82, 2.24) is 10.6 Å². The first-order valence-electron chi connectivity index (χ1n) is 5.03. The summed E-state index contributed by atoms with van der Waals surface area (Å²) in [5, 5.41) is 7.18. The van der Waals surface area contributed by atoms with Gasteiger partial charge in [-0.15, -0.1) is 11.3 Å². The van der Waals surface area contributed by atoms with Gasteiger partial charge in [0.15, 0.2) is 0 Å². The summed E-state index contributed by atoms with van der Waals surface area (Å²) in [7, 11) is 1.32. The van der Waals surface area contributed by atoms with E-state index in [1.165, 1.54) is 18.4 Å². The first-order valence-corrected chi connectivity index (χ1v) is 5.91. The molecule has 0 saturated heterocycles. The summed E-state index contributed by atoms with van der Waals surface area (Å²) in [6.45, 7) is 1.69. The number of thiophene rings is 1. The van der Waals surface area contributed by atoms with Gasteiger partial charge in [0, 0.05) is 10.6 Å². The molecule has 2 heterocycles. The normalized spacial score (nSPS) is 19.6. The Morgan fingerprint density at radius 1 is 1.53 bits per heavy atom. The molecule has 1 aromatic heterocycles. The molecular formula is C11H12N2O3S. The van der Waals surface area contributed by atoms with Crippen molar-refractivity contribution in [3.8, 4) is 0 Å². The van der Waals surface area contributed by atoms with Gasteiger partial charge < -0.3 is 15.4 Å². The predicted molar refractivity (Wildman–Crippen MR) is 63.4 cm³/mol. The van der Waals surface area contributed by atoms with Crippen molar-refractivity contribution in [1.29, 1.82) is 0 Å². The van der Waals surface area contributed by atoms with Crippen LogP contribution in [0.15, 0.2) is 28.8 Å². The van der Waals surface area contributed by atoms with Crippen LogP contribution in [0.25, 0.3) is 0 Å². The highest BCUT2D eigenvalue weighted by molar-refractivity contribution is 7.10. The van der Waals surface area contributed by atoms with Gasteiger partial charge in [-0.05, 0) is 18.4 Å². The minimum absolute atomic E-state index is 0.312. The molecule has 2 N–H and O–H groups in total.